The average molecular weight is 332 g/mol. The lowest BCUT2D eigenvalue weighted by Crippen LogP contribution is -2.35. The molecule has 0 saturated carbocycles. The van der Waals surface area contributed by atoms with Gasteiger partial charge in [0.15, 0.2) is 0 Å². The van der Waals surface area contributed by atoms with E-state index in [1.807, 2.05) is 0 Å². The molecule has 2 aliphatic rings. The van der Waals surface area contributed by atoms with Crippen molar-refractivity contribution in [1.29, 1.82) is 0 Å². The zero-order valence-electron chi connectivity index (χ0n) is 11.2. The van der Waals surface area contributed by atoms with Gasteiger partial charge in [-0.05, 0) is 24.9 Å². The van der Waals surface area contributed by atoms with Crippen molar-refractivity contribution in [3.05, 3.63) is 16.0 Å². The number of ether oxygens (including phenoxy) is 1. The second kappa shape index (κ2) is 5.65. The van der Waals surface area contributed by atoms with Crippen molar-refractivity contribution >= 4 is 27.3 Å². The number of fused-ring (bicyclic) bond motifs is 1. The quantitative estimate of drug-likeness (QED) is 0.725. The number of hydrogen-bond donors (Lipinski definition) is 3. The molecule has 0 bridgehead atoms. The number of carboxylic acids is 1. The first-order chi connectivity index (χ1) is 9.99. The van der Waals surface area contributed by atoms with Gasteiger partial charge in [-0.15, -0.1) is 11.3 Å². The molecule has 21 heavy (non-hydrogen) atoms. The molecule has 2 aliphatic heterocycles. The fraction of sp³-hybridized carbons (Fsp3) is 0.583. The van der Waals surface area contributed by atoms with Crippen molar-refractivity contribution < 1.29 is 23.1 Å². The van der Waals surface area contributed by atoms with E-state index in [4.69, 9.17) is 4.74 Å². The minimum Gasteiger partial charge on any atom is -0.478 e. The largest absolute Gasteiger partial charge is 0.478 e. The number of nitrogens with one attached hydrogen (secondary N) is 2. The monoisotopic (exact) mass is 332 g/mol. The summed E-state index contributed by atoms with van der Waals surface area (Å²) >= 11 is 1.05. The first kappa shape index (κ1) is 14.9. The minimum atomic E-state index is -3.83. The average Bonchev–Trinajstić information content (AvgIpc) is 3.04. The molecule has 0 aromatic carbocycles. The molecule has 0 radical (unpaired) electrons. The van der Waals surface area contributed by atoms with E-state index in [-0.39, 0.29) is 15.8 Å². The highest BCUT2D eigenvalue weighted by atomic mass is 32.2. The molecule has 1 unspecified atom stereocenters. The summed E-state index contributed by atoms with van der Waals surface area (Å²) in [5.74, 6) is -1.18. The summed E-state index contributed by atoms with van der Waals surface area (Å²) in [7, 11) is -3.83. The Morgan fingerprint density at radius 1 is 1.48 bits per heavy atom. The van der Waals surface area contributed by atoms with Crippen LogP contribution in [-0.4, -0.2) is 45.3 Å². The van der Waals surface area contributed by atoms with Crippen LogP contribution in [-0.2, 0) is 27.7 Å². The zero-order chi connectivity index (χ0) is 15.0. The van der Waals surface area contributed by atoms with Crippen molar-refractivity contribution in [1.82, 2.24) is 10.0 Å². The van der Waals surface area contributed by atoms with Crippen LogP contribution in [0.2, 0.25) is 0 Å². The maximum Gasteiger partial charge on any atom is 0.338 e. The molecule has 116 valence electrons. The van der Waals surface area contributed by atoms with Gasteiger partial charge in [0.1, 0.15) is 4.21 Å². The van der Waals surface area contributed by atoms with Gasteiger partial charge in [0.25, 0.3) is 10.0 Å². The van der Waals surface area contributed by atoms with Crippen LogP contribution in [0.4, 0.5) is 0 Å². The number of thiophene rings is 1. The van der Waals surface area contributed by atoms with Crippen molar-refractivity contribution in [2.24, 2.45) is 0 Å². The van der Waals surface area contributed by atoms with Crippen LogP contribution in [0.5, 0.6) is 0 Å². The summed E-state index contributed by atoms with van der Waals surface area (Å²) in [6.45, 7) is 2.02. The van der Waals surface area contributed by atoms with Gasteiger partial charge >= 0.3 is 5.97 Å². The normalized spacial score (nSPS) is 22.2. The Morgan fingerprint density at radius 2 is 2.29 bits per heavy atom. The summed E-state index contributed by atoms with van der Waals surface area (Å²) in [4.78, 5) is 12.3. The number of carbonyl (C=O) groups is 1. The third-order valence-corrected chi connectivity index (χ3v) is 6.88. The fourth-order valence-corrected chi connectivity index (χ4v) is 5.75. The van der Waals surface area contributed by atoms with Gasteiger partial charge < -0.3 is 15.2 Å². The lowest BCUT2D eigenvalue weighted by atomic mass is 10.1. The topological polar surface area (TPSA) is 105 Å². The van der Waals surface area contributed by atoms with Gasteiger partial charge in [0.05, 0.1) is 12.2 Å². The summed E-state index contributed by atoms with van der Waals surface area (Å²) in [6.07, 6.45) is 1.14. The predicted molar refractivity (Wildman–Crippen MR) is 76.2 cm³/mol. The van der Waals surface area contributed by atoms with Crippen LogP contribution < -0.4 is 10.0 Å². The highest BCUT2D eigenvalue weighted by Crippen LogP contribution is 2.34. The molecule has 1 atom stereocenters. The molecule has 3 heterocycles. The molecule has 1 saturated heterocycles. The molecule has 0 aliphatic carbocycles. The molecule has 1 aromatic rings. The molecule has 3 N–H and O–H groups in total. The number of carboxylic acid groups (broad SMARTS) is 1. The molecule has 1 aromatic heterocycles. The highest BCUT2D eigenvalue weighted by Gasteiger charge is 2.33. The minimum absolute atomic E-state index is 0.0667. The first-order valence-electron chi connectivity index (χ1n) is 6.67. The van der Waals surface area contributed by atoms with Crippen molar-refractivity contribution in [3.63, 3.8) is 0 Å². The van der Waals surface area contributed by atoms with Gasteiger partial charge in [-0.1, -0.05) is 0 Å². The first-order valence-corrected chi connectivity index (χ1v) is 8.97. The second-order valence-corrected chi connectivity index (χ2v) is 8.09. The third-order valence-electron chi connectivity index (χ3n) is 3.61. The lowest BCUT2D eigenvalue weighted by Gasteiger charge is -2.13. The van der Waals surface area contributed by atoms with E-state index in [9.17, 15) is 18.3 Å². The highest BCUT2D eigenvalue weighted by molar-refractivity contribution is 7.91. The maximum atomic E-state index is 12.5. The van der Waals surface area contributed by atoms with Crippen LogP contribution in [0, 0.1) is 0 Å². The molecule has 3 rings (SSSR count). The van der Waals surface area contributed by atoms with Crippen LogP contribution >= 0.6 is 11.3 Å². The van der Waals surface area contributed by atoms with E-state index < -0.39 is 16.0 Å². The molecule has 1 fully saturated rings. The van der Waals surface area contributed by atoms with Gasteiger partial charge in [-0.2, -0.15) is 0 Å². The summed E-state index contributed by atoms with van der Waals surface area (Å²) in [5.41, 5.74) is 0.581. The Labute approximate surface area is 126 Å². The van der Waals surface area contributed by atoms with Crippen molar-refractivity contribution in [3.8, 4) is 0 Å². The second-order valence-electron chi connectivity index (χ2n) is 5.08. The van der Waals surface area contributed by atoms with Crippen LogP contribution in [0.3, 0.4) is 0 Å². The summed E-state index contributed by atoms with van der Waals surface area (Å²) in [6, 6.07) is -0.283. The Bertz CT molecular complexity index is 661. The molecule has 0 amide bonds. The van der Waals surface area contributed by atoms with E-state index >= 15 is 0 Å². The van der Waals surface area contributed by atoms with Crippen molar-refractivity contribution in [2.45, 2.75) is 29.6 Å². The molecular weight excluding hydrogens is 316 g/mol. The number of rotatable bonds is 4. The fourth-order valence-electron chi connectivity index (χ4n) is 2.62. The SMILES string of the molecule is O=C(O)c1c(S(=O)(=O)NC2CCOC2)sc2c1CCNC2. The Kier molecular flexibility index (Phi) is 4.02. The van der Waals surface area contributed by atoms with Gasteiger partial charge in [-0.3, -0.25) is 0 Å². The standard InChI is InChI=1S/C12H16N2O5S2/c15-11(16)10-8-1-3-13-5-9(8)20-12(10)21(17,18)14-7-2-4-19-6-7/h7,13-14H,1-6H2,(H,15,16). The smallest absolute Gasteiger partial charge is 0.338 e. The third kappa shape index (κ3) is 2.84. The predicted octanol–water partition coefficient (Wildman–Crippen LogP) is 0.159. The Morgan fingerprint density at radius 3 is 2.95 bits per heavy atom. The number of hydrogen-bond acceptors (Lipinski definition) is 6. The van der Waals surface area contributed by atoms with Gasteiger partial charge in [0.2, 0.25) is 0 Å². The Hall–Kier alpha value is -1.00. The molecular formula is C12H16N2O5S2. The van der Waals surface area contributed by atoms with Crippen LogP contribution in [0.15, 0.2) is 4.21 Å². The number of aromatic carboxylic acids is 1. The van der Waals surface area contributed by atoms with E-state index in [1.54, 1.807) is 0 Å². The van der Waals surface area contributed by atoms with Crippen molar-refractivity contribution in [2.75, 3.05) is 19.8 Å². The number of sulfonamides is 1. The molecule has 9 heteroatoms. The Balaban J connectivity index is 2.00. The maximum absolute atomic E-state index is 12.5. The van der Waals surface area contributed by atoms with E-state index in [2.05, 4.69) is 10.0 Å². The van der Waals surface area contributed by atoms with Gasteiger partial charge in [-0.25, -0.2) is 17.9 Å². The van der Waals surface area contributed by atoms with E-state index in [0.29, 0.717) is 44.7 Å². The molecule has 7 nitrogen and oxygen atoms in total. The van der Waals surface area contributed by atoms with Crippen LogP contribution in [0.1, 0.15) is 27.2 Å². The zero-order valence-corrected chi connectivity index (χ0v) is 12.8. The summed E-state index contributed by atoms with van der Waals surface area (Å²) in [5, 5.41) is 12.5. The van der Waals surface area contributed by atoms with Gasteiger partial charge in [0, 0.05) is 24.1 Å². The van der Waals surface area contributed by atoms with E-state index in [1.165, 1.54) is 0 Å². The summed E-state index contributed by atoms with van der Waals surface area (Å²) < 4.78 is 32.6. The lowest BCUT2D eigenvalue weighted by molar-refractivity contribution is 0.0692. The van der Waals surface area contributed by atoms with Crippen LogP contribution in [0.25, 0.3) is 0 Å². The van der Waals surface area contributed by atoms with E-state index in [0.717, 1.165) is 16.2 Å². The molecule has 0 spiro atoms.